The third-order valence-corrected chi connectivity index (χ3v) is 5.82. The normalized spacial score (nSPS) is 11.4. The summed E-state index contributed by atoms with van der Waals surface area (Å²) in [6.07, 6.45) is 1.71. The first-order chi connectivity index (χ1) is 12.0. The molecule has 126 valence electrons. The van der Waals surface area contributed by atoms with Crippen LogP contribution in [0.25, 0.3) is 15.9 Å². The second-order valence-corrected chi connectivity index (χ2v) is 7.49. The maximum absolute atomic E-state index is 12.3. The van der Waals surface area contributed by atoms with Gasteiger partial charge in [0.15, 0.2) is 5.16 Å². The summed E-state index contributed by atoms with van der Waals surface area (Å²) >= 11 is 2.85. The standard InChI is InChI=1S/C17H14N4O2S2/c1-10-4-3-6-21-13(22)8-11(18-14(10)21)9-25-17-19-15-12(5-7-24-15)16(23)20(17)2/h3-8H,9H2,1-2H3. The zero-order valence-electron chi connectivity index (χ0n) is 13.6. The Morgan fingerprint density at radius 2 is 2.08 bits per heavy atom. The van der Waals surface area contributed by atoms with Gasteiger partial charge in [0.1, 0.15) is 10.5 Å². The SMILES string of the molecule is Cc1cccn2c(=O)cc(CSc3nc4sccc4c(=O)n3C)nc12. The molecule has 0 atom stereocenters. The van der Waals surface area contributed by atoms with Crippen LogP contribution < -0.4 is 11.1 Å². The van der Waals surface area contributed by atoms with E-state index < -0.39 is 0 Å². The van der Waals surface area contributed by atoms with Gasteiger partial charge in [-0.25, -0.2) is 9.97 Å². The maximum atomic E-state index is 12.3. The van der Waals surface area contributed by atoms with E-state index in [2.05, 4.69) is 9.97 Å². The van der Waals surface area contributed by atoms with Crippen LogP contribution >= 0.6 is 23.1 Å². The predicted octanol–water partition coefficient (Wildman–Crippen LogP) is 2.60. The molecule has 0 spiro atoms. The lowest BCUT2D eigenvalue weighted by molar-refractivity contribution is 0.727. The summed E-state index contributed by atoms with van der Waals surface area (Å²) in [5.41, 5.74) is 2.10. The van der Waals surface area contributed by atoms with Gasteiger partial charge in [-0.15, -0.1) is 11.3 Å². The summed E-state index contributed by atoms with van der Waals surface area (Å²) in [6, 6.07) is 7.07. The fraction of sp³-hybridized carbons (Fsp3) is 0.176. The molecule has 25 heavy (non-hydrogen) atoms. The molecular weight excluding hydrogens is 356 g/mol. The zero-order chi connectivity index (χ0) is 17.6. The molecular formula is C17H14N4O2S2. The zero-order valence-corrected chi connectivity index (χ0v) is 15.2. The van der Waals surface area contributed by atoms with Crippen LogP contribution in [0, 0.1) is 6.92 Å². The Labute approximate surface area is 150 Å². The number of hydrogen-bond acceptors (Lipinski definition) is 6. The molecule has 0 aliphatic rings. The third kappa shape index (κ3) is 2.77. The van der Waals surface area contributed by atoms with Crippen LogP contribution in [0.15, 0.2) is 50.6 Å². The molecule has 0 fully saturated rings. The Balaban J connectivity index is 1.71. The highest BCUT2D eigenvalue weighted by molar-refractivity contribution is 7.98. The molecule has 6 nitrogen and oxygen atoms in total. The number of hydrogen-bond donors (Lipinski definition) is 0. The second-order valence-electron chi connectivity index (χ2n) is 5.66. The largest absolute Gasteiger partial charge is 0.290 e. The average molecular weight is 370 g/mol. The van der Waals surface area contributed by atoms with Crippen LogP contribution in [0.3, 0.4) is 0 Å². The summed E-state index contributed by atoms with van der Waals surface area (Å²) < 4.78 is 3.08. The minimum absolute atomic E-state index is 0.0591. The average Bonchev–Trinajstić information content (AvgIpc) is 3.06. The van der Waals surface area contributed by atoms with Gasteiger partial charge in [-0.05, 0) is 30.0 Å². The minimum atomic E-state index is -0.111. The molecule has 4 aromatic heterocycles. The van der Waals surface area contributed by atoms with Crippen molar-refractivity contribution in [3.63, 3.8) is 0 Å². The van der Waals surface area contributed by atoms with E-state index >= 15 is 0 Å². The van der Waals surface area contributed by atoms with Crippen molar-refractivity contribution in [1.29, 1.82) is 0 Å². The molecule has 0 saturated carbocycles. The van der Waals surface area contributed by atoms with Crippen LogP contribution in [0.5, 0.6) is 0 Å². The lowest BCUT2D eigenvalue weighted by atomic mass is 10.3. The molecule has 0 unspecified atom stereocenters. The highest BCUT2D eigenvalue weighted by Crippen LogP contribution is 2.23. The van der Waals surface area contributed by atoms with Crippen LogP contribution in [-0.4, -0.2) is 18.9 Å². The van der Waals surface area contributed by atoms with E-state index in [9.17, 15) is 9.59 Å². The van der Waals surface area contributed by atoms with Gasteiger partial charge in [0.25, 0.3) is 11.1 Å². The molecule has 0 aromatic carbocycles. The highest BCUT2D eigenvalue weighted by atomic mass is 32.2. The fourth-order valence-electron chi connectivity index (χ4n) is 2.63. The minimum Gasteiger partial charge on any atom is -0.290 e. The lowest BCUT2D eigenvalue weighted by Crippen LogP contribution is -2.19. The van der Waals surface area contributed by atoms with Gasteiger partial charge in [-0.3, -0.25) is 18.6 Å². The Morgan fingerprint density at radius 3 is 2.92 bits per heavy atom. The number of thioether (sulfide) groups is 1. The Bertz CT molecular complexity index is 1220. The summed E-state index contributed by atoms with van der Waals surface area (Å²) in [6.45, 7) is 1.93. The maximum Gasteiger partial charge on any atom is 0.262 e. The first-order valence-electron chi connectivity index (χ1n) is 7.59. The van der Waals surface area contributed by atoms with Gasteiger partial charge in [0.05, 0.1) is 11.1 Å². The van der Waals surface area contributed by atoms with E-state index in [1.165, 1.54) is 33.6 Å². The van der Waals surface area contributed by atoms with Crippen molar-refractivity contribution in [3.8, 4) is 0 Å². The summed E-state index contributed by atoms with van der Waals surface area (Å²) in [4.78, 5) is 34.5. The number of pyridine rings is 1. The van der Waals surface area contributed by atoms with E-state index in [1.807, 2.05) is 24.4 Å². The summed E-state index contributed by atoms with van der Waals surface area (Å²) in [7, 11) is 1.71. The van der Waals surface area contributed by atoms with E-state index in [0.29, 0.717) is 27.6 Å². The van der Waals surface area contributed by atoms with Crippen LogP contribution in [0.1, 0.15) is 11.3 Å². The molecule has 0 radical (unpaired) electrons. The van der Waals surface area contributed by atoms with Crippen molar-refractivity contribution in [1.82, 2.24) is 18.9 Å². The van der Waals surface area contributed by atoms with Crippen LogP contribution in [0.2, 0.25) is 0 Å². The first kappa shape index (κ1) is 16.0. The Morgan fingerprint density at radius 1 is 1.24 bits per heavy atom. The van der Waals surface area contributed by atoms with E-state index in [1.54, 1.807) is 23.9 Å². The molecule has 4 aromatic rings. The predicted molar refractivity (Wildman–Crippen MR) is 101 cm³/mol. The topological polar surface area (TPSA) is 69.3 Å². The van der Waals surface area contributed by atoms with Crippen molar-refractivity contribution >= 4 is 39.0 Å². The van der Waals surface area contributed by atoms with Gasteiger partial charge in [0.2, 0.25) is 0 Å². The number of fused-ring (bicyclic) bond motifs is 2. The first-order valence-corrected chi connectivity index (χ1v) is 9.46. The summed E-state index contributed by atoms with van der Waals surface area (Å²) in [5, 5.41) is 3.11. The molecule has 8 heteroatoms. The molecule has 0 N–H and O–H groups in total. The van der Waals surface area contributed by atoms with E-state index in [4.69, 9.17) is 0 Å². The van der Waals surface area contributed by atoms with Gasteiger partial charge < -0.3 is 0 Å². The monoisotopic (exact) mass is 370 g/mol. The van der Waals surface area contributed by atoms with Gasteiger partial charge in [-0.2, -0.15) is 0 Å². The van der Waals surface area contributed by atoms with Crippen molar-refractivity contribution in [3.05, 3.63) is 67.8 Å². The van der Waals surface area contributed by atoms with Gasteiger partial charge >= 0.3 is 0 Å². The molecule has 0 aliphatic heterocycles. The Kier molecular flexibility index (Phi) is 3.93. The number of nitrogens with zero attached hydrogens (tertiary/aromatic N) is 4. The number of aromatic nitrogens is 4. The van der Waals surface area contributed by atoms with E-state index in [0.717, 1.165) is 10.4 Å². The van der Waals surface area contributed by atoms with Crippen molar-refractivity contribution < 1.29 is 0 Å². The summed E-state index contributed by atoms with van der Waals surface area (Å²) in [5.74, 6) is 0.469. The number of rotatable bonds is 3. The van der Waals surface area contributed by atoms with Gasteiger partial charge in [0, 0.05) is 25.1 Å². The lowest BCUT2D eigenvalue weighted by Gasteiger charge is -2.08. The molecule has 4 rings (SSSR count). The molecule has 0 bridgehead atoms. The molecule has 4 heterocycles. The smallest absolute Gasteiger partial charge is 0.262 e. The van der Waals surface area contributed by atoms with Crippen molar-refractivity contribution in [2.24, 2.45) is 7.05 Å². The van der Waals surface area contributed by atoms with Crippen LogP contribution in [0.4, 0.5) is 0 Å². The van der Waals surface area contributed by atoms with Crippen molar-refractivity contribution in [2.75, 3.05) is 0 Å². The number of thiophene rings is 1. The van der Waals surface area contributed by atoms with Gasteiger partial charge in [-0.1, -0.05) is 17.8 Å². The number of aryl methyl sites for hydroxylation is 1. The fourth-order valence-corrected chi connectivity index (χ4v) is 4.30. The Hall–Kier alpha value is -2.45. The third-order valence-electron chi connectivity index (χ3n) is 3.95. The molecule has 0 saturated heterocycles. The van der Waals surface area contributed by atoms with E-state index in [-0.39, 0.29) is 11.1 Å². The van der Waals surface area contributed by atoms with Crippen molar-refractivity contribution in [2.45, 2.75) is 17.8 Å². The highest BCUT2D eigenvalue weighted by Gasteiger charge is 2.11. The quantitative estimate of drug-likeness (QED) is 0.410. The molecule has 0 amide bonds. The molecule has 0 aliphatic carbocycles. The van der Waals surface area contributed by atoms with Crippen LogP contribution in [-0.2, 0) is 12.8 Å². The second kappa shape index (κ2) is 6.12.